The Kier molecular flexibility index (Phi) is 7.78. The van der Waals surface area contributed by atoms with E-state index in [2.05, 4.69) is 4.98 Å². The summed E-state index contributed by atoms with van der Waals surface area (Å²) < 4.78 is 20.1. The molecule has 0 saturated carbocycles. The lowest BCUT2D eigenvalue weighted by Gasteiger charge is -2.29. The SMILES string of the molecule is Cc1c(-c2ncco2)sc2c1c(=O)n(CC(C)(C)O)c(=O)n2C[C@H](OC1CCOCC1)c1ccccc1C(N)=O. The van der Waals surface area contributed by atoms with Gasteiger partial charge in [0.05, 0.1) is 41.3 Å². The van der Waals surface area contributed by atoms with E-state index in [1.54, 1.807) is 31.2 Å². The molecular formula is C28H32N4O7S. The van der Waals surface area contributed by atoms with Gasteiger partial charge in [-0.2, -0.15) is 0 Å². The molecule has 1 fully saturated rings. The quantitative estimate of drug-likeness (QED) is 0.313. The van der Waals surface area contributed by atoms with Gasteiger partial charge in [0, 0.05) is 18.8 Å². The number of thiophene rings is 1. The van der Waals surface area contributed by atoms with Crippen LogP contribution in [0, 0.1) is 6.92 Å². The summed E-state index contributed by atoms with van der Waals surface area (Å²) in [7, 11) is 0. The Labute approximate surface area is 233 Å². The van der Waals surface area contributed by atoms with E-state index in [0.717, 1.165) is 4.57 Å². The van der Waals surface area contributed by atoms with Gasteiger partial charge in [0.25, 0.3) is 5.56 Å². The van der Waals surface area contributed by atoms with Gasteiger partial charge in [-0.1, -0.05) is 18.2 Å². The number of amides is 1. The van der Waals surface area contributed by atoms with Gasteiger partial charge < -0.3 is 24.7 Å². The second-order valence-corrected chi connectivity index (χ2v) is 11.6. The van der Waals surface area contributed by atoms with Gasteiger partial charge in [-0.3, -0.25) is 18.7 Å². The molecule has 1 saturated heterocycles. The van der Waals surface area contributed by atoms with Crippen LogP contribution < -0.4 is 17.0 Å². The second-order valence-electron chi connectivity index (χ2n) is 10.6. The number of oxazole rings is 1. The molecule has 0 unspecified atom stereocenters. The standard InChI is InChI=1S/C28H32N4O7S/c1-16-21-25(34)32(15-28(2,3)36)27(35)31(26(21)40-22(16)24-30-10-13-38-24)14-20(39-17-8-11-37-12-9-17)18-6-4-5-7-19(18)23(29)33/h4-7,10,13,17,20,36H,8-9,11-12,14-15H2,1-3H3,(H2,29,33)/t20-/m0/s1. The number of ether oxygens (including phenoxy) is 2. The maximum absolute atomic E-state index is 14.0. The summed E-state index contributed by atoms with van der Waals surface area (Å²) in [6.45, 7) is 5.71. The van der Waals surface area contributed by atoms with Crippen LogP contribution in [-0.2, 0) is 22.6 Å². The number of primary amides is 1. The van der Waals surface area contributed by atoms with Crippen LogP contribution >= 0.6 is 11.3 Å². The van der Waals surface area contributed by atoms with E-state index in [0.29, 0.717) is 58.2 Å². The third-order valence-corrected chi connectivity index (χ3v) is 8.22. The normalized spacial score (nSPS) is 15.5. The zero-order valence-corrected chi connectivity index (χ0v) is 23.4. The first-order valence-electron chi connectivity index (χ1n) is 13.1. The van der Waals surface area contributed by atoms with Crippen LogP contribution in [0.5, 0.6) is 0 Å². The predicted molar refractivity (Wildman–Crippen MR) is 150 cm³/mol. The lowest BCUT2D eigenvalue weighted by atomic mass is 10.0. The number of hydrogen-bond acceptors (Lipinski definition) is 9. The van der Waals surface area contributed by atoms with Gasteiger partial charge in [0.1, 0.15) is 17.2 Å². The third-order valence-electron chi connectivity index (χ3n) is 6.91. The van der Waals surface area contributed by atoms with Crippen molar-refractivity contribution in [3.63, 3.8) is 0 Å². The van der Waals surface area contributed by atoms with E-state index >= 15 is 0 Å². The van der Waals surface area contributed by atoms with Crippen LogP contribution in [0.25, 0.3) is 21.0 Å². The summed E-state index contributed by atoms with van der Waals surface area (Å²) in [5.41, 5.74) is 4.72. The highest BCUT2D eigenvalue weighted by Gasteiger charge is 2.29. The number of carbonyl (C=O) groups excluding carboxylic acids is 1. The number of rotatable bonds is 9. The first kappa shape index (κ1) is 28.0. The van der Waals surface area contributed by atoms with Gasteiger partial charge in [0.15, 0.2) is 0 Å². The van der Waals surface area contributed by atoms with E-state index in [1.165, 1.54) is 42.2 Å². The number of hydrogen-bond donors (Lipinski definition) is 2. The van der Waals surface area contributed by atoms with Gasteiger partial charge in [0.2, 0.25) is 11.8 Å². The molecule has 5 rings (SSSR count). The topological polar surface area (TPSA) is 152 Å². The fourth-order valence-corrected chi connectivity index (χ4v) is 6.29. The van der Waals surface area contributed by atoms with Crippen LogP contribution in [0.1, 0.15) is 54.3 Å². The lowest BCUT2D eigenvalue weighted by Crippen LogP contribution is -2.45. The van der Waals surface area contributed by atoms with Gasteiger partial charge >= 0.3 is 5.69 Å². The summed E-state index contributed by atoms with van der Waals surface area (Å²) in [5, 5.41) is 10.9. The number of fused-ring (bicyclic) bond motifs is 1. The number of aryl methyl sites for hydroxylation is 1. The first-order chi connectivity index (χ1) is 19.0. The number of nitrogens with zero attached hydrogens (tertiary/aromatic N) is 3. The lowest BCUT2D eigenvalue weighted by molar-refractivity contribution is -0.0749. The molecule has 1 aliphatic heterocycles. The van der Waals surface area contributed by atoms with Crippen LogP contribution in [0.4, 0.5) is 0 Å². The number of nitrogens with two attached hydrogens (primary N) is 1. The van der Waals surface area contributed by atoms with Crippen molar-refractivity contribution in [3.8, 4) is 10.8 Å². The minimum absolute atomic E-state index is 0.00586. The van der Waals surface area contributed by atoms with Crippen LogP contribution in [-0.4, -0.2) is 50.1 Å². The summed E-state index contributed by atoms with van der Waals surface area (Å²) in [5.74, 6) is -0.279. The third kappa shape index (κ3) is 5.52. The average Bonchev–Trinajstić information content (AvgIpc) is 3.56. The van der Waals surface area contributed by atoms with Gasteiger partial charge in [-0.05, 0) is 50.8 Å². The van der Waals surface area contributed by atoms with Crippen molar-refractivity contribution in [2.24, 2.45) is 5.73 Å². The van der Waals surface area contributed by atoms with E-state index in [-0.39, 0.29) is 24.8 Å². The van der Waals surface area contributed by atoms with E-state index in [9.17, 15) is 19.5 Å². The Hall–Kier alpha value is -3.58. The molecule has 11 nitrogen and oxygen atoms in total. The minimum Gasteiger partial charge on any atom is -0.444 e. The molecular weight excluding hydrogens is 536 g/mol. The molecule has 40 heavy (non-hydrogen) atoms. The van der Waals surface area contributed by atoms with Gasteiger partial charge in [-0.25, -0.2) is 9.78 Å². The van der Waals surface area contributed by atoms with Crippen LogP contribution in [0.15, 0.2) is 50.7 Å². The van der Waals surface area contributed by atoms with Crippen molar-refractivity contribution in [3.05, 3.63) is 74.3 Å². The molecule has 1 aromatic carbocycles. The molecule has 0 bridgehead atoms. The molecule has 0 aliphatic carbocycles. The molecule has 4 aromatic rings. The molecule has 12 heteroatoms. The predicted octanol–water partition coefficient (Wildman–Crippen LogP) is 2.99. The highest BCUT2D eigenvalue weighted by Crippen LogP contribution is 2.36. The highest BCUT2D eigenvalue weighted by atomic mass is 32.1. The van der Waals surface area contributed by atoms with E-state index in [4.69, 9.17) is 19.6 Å². The van der Waals surface area contributed by atoms with Crippen molar-refractivity contribution in [1.29, 1.82) is 0 Å². The summed E-state index contributed by atoms with van der Waals surface area (Å²) in [6, 6.07) is 6.89. The largest absolute Gasteiger partial charge is 0.444 e. The van der Waals surface area contributed by atoms with E-state index < -0.39 is 28.9 Å². The summed E-state index contributed by atoms with van der Waals surface area (Å²) in [4.78, 5) is 45.3. The van der Waals surface area contributed by atoms with Crippen molar-refractivity contribution in [2.75, 3.05) is 13.2 Å². The Morgan fingerprint density at radius 2 is 1.98 bits per heavy atom. The Balaban J connectivity index is 1.72. The van der Waals surface area contributed by atoms with E-state index in [1.807, 2.05) is 0 Å². The second kappa shape index (κ2) is 11.1. The monoisotopic (exact) mass is 568 g/mol. The number of aromatic nitrogens is 3. The summed E-state index contributed by atoms with van der Waals surface area (Å²) >= 11 is 1.22. The minimum atomic E-state index is -1.33. The molecule has 1 amide bonds. The maximum atomic E-state index is 14.0. The fourth-order valence-electron chi connectivity index (χ4n) is 5.05. The first-order valence-corrected chi connectivity index (χ1v) is 13.9. The Morgan fingerprint density at radius 1 is 1.25 bits per heavy atom. The molecule has 3 aromatic heterocycles. The highest BCUT2D eigenvalue weighted by molar-refractivity contribution is 7.22. The number of carbonyl (C=O) groups is 1. The molecule has 212 valence electrons. The molecule has 3 N–H and O–H groups in total. The fraction of sp³-hybridized carbons (Fsp3) is 0.429. The molecule has 4 heterocycles. The number of benzene rings is 1. The van der Waals surface area contributed by atoms with Crippen molar-refractivity contribution in [2.45, 2.75) is 64.5 Å². The number of aliphatic hydroxyl groups is 1. The van der Waals surface area contributed by atoms with Gasteiger partial charge in [-0.15, -0.1) is 11.3 Å². The van der Waals surface area contributed by atoms with Crippen LogP contribution in [0.2, 0.25) is 0 Å². The Morgan fingerprint density at radius 3 is 2.62 bits per heavy atom. The molecule has 0 radical (unpaired) electrons. The maximum Gasteiger partial charge on any atom is 0.332 e. The van der Waals surface area contributed by atoms with Crippen molar-refractivity contribution >= 4 is 27.5 Å². The van der Waals surface area contributed by atoms with Crippen molar-refractivity contribution in [1.82, 2.24) is 14.1 Å². The summed E-state index contributed by atoms with van der Waals surface area (Å²) in [6.07, 6.45) is 3.36. The average molecular weight is 569 g/mol. The van der Waals surface area contributed by atoms with Crippen molar-refractivity contribution < 1.29 is 23.8 Å². The zero-order valence-electron chi connectivity index (χ0n) is 22.6. The smallest absolute Gasteiger partial charge is 0.332 e. The molecule has 1 aliphatic rings. The van der Waals surface area contributed by atoms with Crippen LogP contribution in [0.3, 0.4) is 0 Å². The zero-order chi connectivity index (χ0) is 28.6. The molecule has 0 spiro atoms. The molecule has 1 atom stereocenters. The Bertz CT molecular complexity index is 1640.